The van der Waals surface area contributed by atoms with E-state index in [1.807, 2.05) is 44.2 Å². The molecule has 2 amide bonds. The number of hydrogen-bond acceptors (Lipinski definition) is 4. The Morgan fingerprint density at radius 2 is 1.83 bits per heavy atom. The molecule has 150 valence electrons. The quantitative estimate of drug-likeness (QED) is 0.590. The van der Waals surface area contributed by atoms with Crippen molar-refractivity contribution in [3.05, 3.63) is 78.2 Å². The molecule has 0 saturated heterocycles. The molecule has 0 aliphatic heterocycles. The summed E-state index contributed by atoms with van der Waals surface area (Å²) in [5, 5.41) is 6.10. The highest BCUT2D eigenvalue weighted by molar-refractivity contribution is 5.98. The lowest BCUT2D eigenvalue weighted by atomic mass is 10.1. The molecule has 7 heteroatoms. The summed E-state index contributed by atoms with van der Waals surface area (Å²) in [7, 11) is 0. The number of amides is 2. The van der Waals surface area contributed by atoms with Crippen LogP contribution in [0.2, 0.25) is 0 Å². The summed E-state index contributed by atoms with van der Waals surface area (Å²) in [6.45, 7) is 4.51. The Hall–Kier alpha value is -3.48. The van der Waals surface area contributed by atoms with Crippen LogP contribution in [0, 0.1) is 5.82 Å². The summed E-state index contributed by atoms with van der Waals surface area (Å²) in [5.74, 6) is 0.418. The van der Waals surface area contributed by atoms with Crippen LogP contribution in [0.3, 0.4) is 0 Å². The summed E-state index contributed by atoms with van der Waals surface area (Å²) >= 11 is 0. The van der Waals surface area contributed by atoms with Crippen LogP contribution in [-0.2, 0) is 0 Å². The smallest absolute Gasteiger partial charge is 0.327 e. The van der Waals surface area contributed by atoms with Crippen molar-refractivity contribution in [1.82, 2.24) is 15.3 Å². The van der Waals surface area contributed by atoms with Crippen molar-refractivity contribution in [2.75, 3.05) is 16.8 Å². The van der Waals surface area contributed by atoms with Gasteiger partial charge in [-0.3, -0.25) is 0 Å². The molecule has 6 nitrogen and oxygen atoms in total. The van der Waals surface area contributed by atoms with E-state index in [0.717, 1.165) is 12.0 Å². The van der Waals surface area contributed by atoms with Gasteiger partial charge in [-0.1, -0.05) is 37.3 Å². The number of benzene rings is 2. The van der Waals surface area contributed by atoms with E-state index in [9.17, 15) is 9.18 Å². The van der Waals surface area contributed by atoms with Gasteiger partial charge in [0, 0.05) is 18.8 Å². The standard InChI is InChI=1S/C22H24FN5O/c1-3-14-25-22(29)28(19-11-9-18(23)10-12-19)20-13-15-24-21(27-20)26-16(2)17-7-5-4-6-8-17/h4-13,15-16H,3,14H2,1-2H3,(H,25,29)(H,24,26,27)/t16-/m0/s1. The van der Waals surface area contributed by atoms with Crippen molar-refractivity contribution in [3.63, 3.8) is 0 Å². The molecule has 0 fully saturated rings. The van der Waals surface area contributed by atoms with Crippen LogP contribution in [0.5, 0.6) is 0 Å². The van der Waals surface area contributed by atoms with Crippen LogP contribution in [0.15, 0.2) is 66.9 Å². The minimum absolute atomic E-state index is 0.0142. The first-order chi connectivity index (χ1) is 14.1. The predicted molar refractivity (Wildman–Crippen MR) is 113 cm³/mol. The Balaban J connectivity index is 1.88. The normalized spacial score (nSPS) is 11.6. The number of halogens is 1. The van der Waals surface area contributed by atoms with Gasteiger partial charge >= 0.3 is 6.03 Å². The molecule has 2 N–H and O–H groups in total. The Kier molecular flexibility index (Phi) is 6.73. The lowest BCUT2D eigenvalue weighted by molar-refractivity contribution is 0.248. The maximum atomic E-state index is 13.4. The maximum absolute atomic E-state index is 13.4. The van der Waals surface area contributed by atoms with E-state index in [0.29, 0.717) is 24.0 Å². The summed E-state index contributed by atoms with van der Waals surface area (Å²) in [6.07, 6.45) is 2.39. The largest absolute Gasteiger partial charge is 0.348 e. The molecule has 1 aromatic heterocycles. The molecule has 0 bridgehead atoms. The van der Waals surface area contributed by atoms with E-state index in [-0.39, 0.29) is 17.9 Å². The molecular formula is C22H24FN5O. The number of nitrogens with zero attached hydrogens (tertiary/aromatic N) is 3. The van der Waals surface area contributed by atoms with Crippen LogP contribution < -0.4 is 15.5 Å². The minimum Gasteiger partial charge on any atom is -0.348 e. The summed E-state index contributed by atoms with van der Waals surface area (Å²) in [4.78, 5) is 23.0. The highest BCUT2D eigenvalue weighted by Gasteiger charge is 2.20. The third kappa shape index (κ3) is 5.28. The van der Waals surface area contributed by atoms with E-state index >= 15 is 0 Å². The van der Waals surface area contributed by atoms with E-state index in [1.54, 1.807) is 24.4 Å². The van der Waals surface area contributed by atoms with Crippen molar-refractivity contribution in [2.24, 2.45) is 0 Å². The molecule has 0 spiro atoms. The first kappa shape index (κ1) is 20.3. The van der Waals surface area contributed by atoms with Crippen molar-refractivity contribution >= 4 is 23.5 Å². The van der Waals surface area contributed by atoms with Crippen LogP contribution in [0.1, 0.15) is 31.9 Å². The van der Waals surface area contributed by atoms with Gasteiger partial charge in [-0.2, -0.15) is 4.98 Å². The van der Waals surface area contributed by atoms with Gasteiger partial charge in [-0.25, -0.2) is 19.1 Å². The number of rotatable bonds is 7. The van der Waals surface area contributed by atoms with E-state index in [4.69, 9.17) is 0 Å². The lowest BCUT2D eigenvalue weighted by Gasteiger charge is -2.23. The van der Waals surface area contributed by atoms with Crippen molar-refractivity contribution in [2.45, 2.75) is 26.3 Å². The number of carbonyl (C=O) groups excluding carboxylic acids is 1. The first-order valence-electron chi connectivity index (χ1n) is 9.56. The third-order valence-corrected chi connectivity index (χ3v) is 4.33. The fourth-order valence-electron chi connectivity index (χ4n) is 2.82. The number of carbonyl (C=O) groups is 1. The molecule has 3 aromatic rings. The highest BCUT2D eigenvalue weighted by Crippen LogP contribution is 2.25. The average molecular weight is 393 g/mol. The molecule has 2 aromatic carbocycles. The zero-order chi connectivity index (χ0) is 20.6. The second kappa shape index (κ2) is 9.64. The van der Waals surface area contributed by atoms with E-state index < -0.39 is 0 Å². The lowest BCUT2D eigenvalue weighted by Crippen LogP contribution is -2.37. The molecular weight excluding hydrogens is 369 g/mol. The second-order valence-electron chi connectivity index (χ2n) is 6.56. The number of nitrogens with one attached hydrogen (secondary N) is 2. The van der Waals surface area contributed by atoms with Crippen LogP contribution in [0.4, 0.5) is 26.6 Å². The fraction of sp³-hybridized carbons (Fsp3) is 0.227. The van der Waals surface area contributed by atoms with Crippen molar-refractivity contribution in [1.29, 1.82) is 0 Å². The topological polar surface area (TPSA) is 70.2 Å². The molecule has 1 heterocycles. The van der Waals surface area contributed by atoms with E-state index in [2.05, 4.69) is 20.6 Å². The first-order valence-corrected chi connectivity index (χ1v) is 9.56. The Morgan fingerprint density at radius 1 is 1.10 bits per heavy atom. The van der Waals surface area contributed by atoms with Crippen LogP contribution in [0.25, 0.3) is 0 Å². The SMILES string of the molecule is CCCNC(=O)N(c1ccc(F)cc1)c1ccnc(N[C@@H](C)c2ccccc2)n1. The van der Waals surface area contributed by atoms with Gasteiger partial charge in [-0.05, 0) is 43.2 Å². The number of urea groups is 1. The fourth-order valence-corrected chi connectivity index (χ4v) is 2.82. The number of aromatic nitrogens is 2. The molecule has 3 rings (SSSR count). The number of hydrogen-bond donors (Lipinski definition) is 2. The highest BCUT2D eigenvalue weighted by atomic mass is 19.1. The van der Waals surface area contributed by atoms with Gasteiger partial charge in [0.2, 0.25) is 5.95 Å². The van der Waals surface area contributed by atoms with Gasteiger partial charge in [0.1, 0.15) is 11.6 Å². The third-order valence-electron chi connectivity index (χ3n) is 4.33. The van der Waals surface area contributed by atoms with Gasteiger partial charge in [0.15, 0.2) is 0 Å². The molecule has 0 aliphatic rings. The molecule has 0 aliphatic carbocycles. The maximum Gasteiger partial charge on any atom is 0.327 e. The molecule has 0 unspecified atom stereocenters. The van der Waals surface area contributed by atoms with Gasteiger partial charge < -0.3 is 10.6 Å². The molecule has 1 atom stereocenters. The second-order valence-corrected chi connectivity index (χ2v) is 6.56. The Bertz CT molecular complexity index is 933. The minimum atomic E-state index is -0.371. The Labute approximate surface area is 169 Å². The van der Waals surface area contributed by atoms with Gasteiger partial charge in [0.05, 0.1) is 11.7 Å². The summed E-state index contributed by atoms with van der Waals surface area (Å²) in [6, 6.07) is 17.0. The molecule has 29 heavy (non-hydrogen) atoms. The van der Waals surface area contributed by atoms with Gasteiger partial charge in [-0.15, -0.1) is 0 Å². The monoisotopic (exact) mass is 393 g/mol. The van der Waals surface area contributed by atoms with Crippen molar-refractivity contribution in [3.8, 4) is 0 Å². The van der Waals surface area contributed by atoms with Crippen molar-refractivity contribution < 1.29 is 9.18 Å². The number of anilines is 3. The van der Waals surface area contributed by atoms with Crippen LogP contribution in [-0.4, -0.2) is 22.5 Å². The predicted octanol–water partition coefficient (Wildman–Crippen LogP) is 5.05. The Morgan fingerprint density at radius 3 is 2.52 bits per heavy atom. The summed E-state index contributed by atoms with van der Waals surface area (Å²) < 4.78 is 13.4. The van der Waals surface area contributed by atoms with Gasteiger partial charge in [0.25, 0.3) is 0 Å². The molecule has 0 saturated carbocycles. The summed E-state index contributed by atoms with van der Waals surface area (Å²) in [5.41, 5.74) is 1.61. The van der Waals surface area contributed by atoms with Crippen LogP contribution >= 0.6 is 0 Å². The average Bonchev–Trinajstić information content (AvgIpc) is 2.75. The zero-order valence-electron chi connectivity index (χ0n) is 16.5. The molecule has 0 radical (unpaired) electrons. The zero-order valence-corrected chi connectivity index (χ0v) is 16.5. The van der Waals surface area contributed by atoms with E-state index in [1.165, 1.54) is 17.0 Å².